The number of hydrogen-bond donors (Lipinski definition) is 1. The largest absolute Gasteiger partial charge is 0.478 e. The molecule has 3 nitrogen and oxygen atoms in total. The van der Waals surface area contributed by atoms with Crippen LogP contribution >= 0.6 is 0 Å². The second kappa shape index (κ2) is 6.42. The van der Waals surface area contributed by atoms with E-state index in [0.717, 1.165) is 42.4 Å². The topological polar surface area (TPSA) is 40.5 Å². The zero-order chi connectivity index (χ0) is 14.5. The van der Waals surface area contributed by atoms with E-state index >= 15 is 0 Å². The molecule has 0 atom stereocenters. The number of carbonyl (C=O) groups is 1. The van der Waals surface area contributed by atoms with Crippen molar-refractivity contribution in [1.82, 2.24) is 0 Å². The highest BCUT2D eigenvalue weighted by Gasteiger charge is 2.14. The molecule has 0 fully saturated rings. The number of nitrogens with zero attached hydrogens (tertiary/aromatic N) is 1. The highest BCUT2D eigenvalue weighted by atomic mass is 16.4. The van der Waals surface area contributed by atoms with Gasteiger partial charge in [-0.05, 0) is 30.4 Å². The molecule has 2 aromatic carbocycles. The molecule has 0 aliphatic carbocycles. The standard InChI is InChI=1S/C17H21NO2/c1-3-11-18(12-4-2)16-10-9-15(17(19)20)13-7-5-6-8-14(13)16/h5-10H,3-4,11-12H2,1-2H3,(H,19,20). The molecule has 0 radical (unpaired) electrons. The van der Waals surface area contributed by atoms with Gasteiger partial charge in [0.25, 0.3) is 0 Å². The van der Waals surface area contributed by atoms with Crippen LogP contribution in [0.15, 0.2) is 36.4 Å². The number of carboxylic acid groups (broad SMARTS) is 1. The first-order valence-corrected chi connectivity index (χ1v) is 7.19. The Balaban J connectivity index is 2.59. The van der Waals surface area contributed by atoms with Crippen LogP contribution in [0.5, 0.6) is 0 Å². The number of aromatic carboxylic acids is 1. The molecular formula is C17H21NO2. The molecule has 0 aromatic heterocycles. The zero-order valence-electron chi connectivity index (χ0n) is 12.1. The van der Waals surface area contributed by atoms with Crippen LogP contribution in [0.1, 0.15) is 37.0 Å². The van der Waals surface area contributed by atoms with Gasteiger partial charge in [-0.15, -0.1) is 0 Å². The molecule has 0 heterocycles. The Labute approximate surface area is 119 Å². The van der Waals surface area contributed by atoms with Crippen molar-refractivity contribution < 1.29 is 9.90 Å². The smallest absolute Gasteiger partial charge is 0.336 e. The van der Waals surface area contributed by atoms with Crippen LogP contribution in [-0.4, -0.2) is 24.2 Å². The molecule has 0 aliphatic rings. The molecule has 20 heavy (non-hydrogen) atoms. The van der Waals surface area contributed by atoms with Gasteiger partial charge in [0.1, 0.15) is 0 Å². The molecule has 1 N–H and O–H groups in total. The third kappa shape index (κ3) is 2.77. The predicted octanol–water partition coefficient (Wildman–Crippen LogP) is 4.16. The number of rotatable bonds is 6. The maximum Gasteiger partial charge on any atom is 0.336 e. The number of fused-ring (bicyclic) bond motifs is 1. The molecule has 0 aliphatic heterocycles. The second-order valence-corrected chi connectivity index (χ2v) is 4.97. The fourth-order valence-electron chi connectivity index (χ4n) is 2.64. The normalized spacial score (nSPS) is 10.7. The highest BCUT2D eigenvalue weighted by molar-refractivity contribution is 6.07. The minimum Gasteiger partial charge on any atom is -0.478 e. The quantitative estimate of drug-likeness (QED) is 0.857. The van der Waals surface area contributed by atoms with E-state index < -0.39 is 5.97 Å². The molecule has 0 unspecified atom stereocenters. The molecule has 0 bridgehead atoms. The predicted molar refractivity (Wildman–Crippen MR) is 83.7 cm³/mol. The van der Waals surface area contributed by atoms with Gasteiger partial charge in [0.15, 0.2) is 0 Å². The van der Waals surface area contributed by atoms with Crippen LogP contribution in [0, 0.1) is 0 Å². The zero-order valence-corrected chi connectivity index (χ0v) is 12.1. The van der Waals surface area contributed by atoms with E-state index in [1.165, 1.54) is 0 Å². The van der Waals surface area contributed by atoms with E-state index in [4.69, 9.17) is 0 Å². The van der Waals surface area contributed by atoms with Crippen molar-refractivity contribution in [3.05, 3.63) is 42.0 Å². The van der Waals surface area contributed by atoms with Crippen LogP contribution in [0.25, 0.3) is 10.8 Å². The van der Waals surface area contributed by atoms with E-state index in [-0.39, 0.29) is 0 Å². The van der Waals surface area contributed by atoms with Crippen molar-refractivity contribution in [2.75, 3.05) is 18.0 Å². The van der Waals surface area contributed by atoms with Gasteiger partial charge in [-0.25, -0.2) is 4.79 Å². The second-order valence-electron chi connectivity index (χ2n) is 4.97. The van der Waals surface area contributed by atoms with E-state index in [1.807, 2.05) is 30.3 Å². The van der Waals surface area contributed by atoms with Gasteiger partial charge in [-0.2, -0.15) is 0 Å². The maximum absolute atomic E-state index is 11.3. The summed E-state index contributed by atoms with van der Waals surface area (Å²) >= 11 is 0. The first-order chi connectivity index (χ1) is 9.69. The summed E-state index contributed by atoms with van der Waals surface area (Å²) in [5.74, 6) is -0.870. The Morgan fingerprint density at radius 3 is 2.15 bits per heavy atom. The average molecular weight is 271 g/mol. The summed E-state index contributed by atoms with van der Waals surface area (Å²) in [7, 11) is 0. The molecule has 3 heteroatoms. The Morgan fingerprint density at radius 1 is 1.00 bits per heavy atom. The summed E-state index contributed by atoms with van der Waals surface area (Å²) < 4.78 is 0. The van der Waals surface area contributed by atoms with Gasteiger partial charge in [0.05, 0.1) is 5.56 Å². The summed E-state index contributed by atoms with van der Waals surface area (Å²) in [6, 6.07) is 11.4. The molecule has 106 valence electrons. The number of hydrogen-bond acceptors (Lipinski definition) is 2. The molecule has 2 aromatic rings. The summed E-state index contributed by atoms with van der Waals surface area (Å²) in [4.78, 5) is 13.7. The molecule has 0 amide bonds. The van der Waals surface area contributed by atoms with E-state index in [0.29, 0.717) is 5.56 Å². The number of carboxylic acids is 1. The van der Waals surface area contributed by atoms with Crippen LogP contribution in [0.2, 0.25) is 0 Å². The van der Waals surface area contributed by atoms with Gasteiger partial charge < -0.3 is 10.0 Å². The maximum atomic E-state index is 11.3. The number of benzene rings is 2. The summed E-state index contributed by atoms with van der Waals surface area (Å²) in [5, 5.41) is 11.1. The fourth-order valence-corrected chi connectivity index (χ4v) is 2.64. The van der Waals surface area contributed by atoms with Gasteiger partial charge in [0.2, 0.25) is 0 Å². The molecule has 2 rings (SSSR count). The lowest BCUT2D eigenvalue weighted by atomic mass is 10.0. The van der Waals surface area contributed by atoms with Crippen molar-refractivity contribution in [1.29, 1.82) is 0 Å². The third-order valence-electron chi connectivity index (χ3n) is 3.46. The Bertz CT molecular complexity index is 601. The minimum atomic E-state index is -0.870. The van der Waals surface area contributed by atoms with Crippen molar-refractivity contribution in [2.24, 2.45) is 0 Å². The first kappa shape index (κ1) is 14.4. The van der Waals surface area contributed by atoms with Crippen LogP contribution in [0.3, 0.4) is 0 Å². The molecule has 0 spiro atoms. The Kier molecular flexibility index (Phi) is 4.61. The SMILES string of the molecule is CCCN(CCC)c1ccc(C(=O)O)c2ccccc12. The first-order valence-electron chi connectivity index (χ1n) is 7.19. The molecule has 0 saturated heterocycles. The van der Waals surface area contributed by atoms with Crippen LogP contribution < -0.4 is 4.90 Å². The van der Waals surface area contributed by atoms with Crippen LogP contribution in [-0.2, 0) is 0 Å². The number of anilines is 1. The van der Waals surface area contributed by atoms with E-state index in [1.54, 1.807) is 6.07 Å². The van der Waals surface area contributed by atoms with Gasteiger partial charge in [0, 0.05) is 24.2 Å². The lowest BCUT2D eigenvalue weighted by Crippen LogP contribution is -2.25. The van der Waals surface area contributed by atoms with Crippen molar-refractivity contribution in [3.8, 4) is 0 Å². The monoisotopic (exact) mass is 271 g/mol. The average Bonchev–Trinajstić information content (AvgIpc) is 2.45. The third-order valence-corrected chi connectivity index (χ3v) is 3.46. The summed E-state index contributed by atoms with van der Waals surface area (Å²) in [6.45, 7) is 6.31. The van der Waals surface area contributed by atoms with Gasteiger partial charge in [-0.3, -0.25) is 0 Å². The van der Waals surface area contributed by atoms with E-state index in [2.05, 4.69) is 18.7 Å². The summed E-state index contributed by atoms with van der Waals surface area (Å²) in [6.07, 6.45) is 2.16. The lowest BCUT2D eigenvalue weighted by molar-refractivity contribution is 0.0699. The minimum absolute atomic E-state index is 0.372. The van der Waals surface area contributed by atoms with Gasteiger partial charge >= 0.3 is 5.97 Å². The molecule has 0 saturated carbocycles. The van der Waals surface area contributed by atoms with Crippen LogP contribution in [0.4, 0.5) is 5.69 Å². The lowest BCUT2D eigenvalue weighted by Gasteiger charge is -2.25. The molecular weight excluding hydrogens is 250 g/mol. The highest BCUT2D eigenvalue weighted by Crippen LogP contribution is 2.30. The summed E-state index contributed by atoms with van der Waals surface area (Å²) in [5.41, 5.74) is 1.51. The van der Waals surface area contributed by atoms with Crippen molar-refractivity contribution in [2.45, 2.75) is 26.7 Å². The Hall–Kier alpha value is -2.03. The Morgan fingerprint density at radius 2 is 1.60 bits per heavy atom. The van der Waals surface area contributed by atoms with Crippen molar-refractivity contribution >= 4 is 22.4 Å². The van der Waals surface area contributed by atoms with Gasteiger partial charge in [-0.1, -0.05) is 38.1 Å². The van der Waals surface area contributed by atoms with Crippen molar-refractivity contribution in [3.63, 3.8) is 0 Å². The fraction of sp³-hybridized carbons (Fsp3) is 0.353. The van der Waals surface area contributed by atoms with E-state index in [9.17, 15) is 9.90 Å².